The molecule has 16 unspecified atom stereocenters. The maximum atomic E-state index is 12.6. The molecule has 16 atom stereocenters. The molecular formula is C84H100Br8O36-8. The summed E-state index contributed by atoms with van der Waals surface area (Å²) in [5.74, 6) is -11.1. The molecule has 0 amide bonds. The number of hydrogen-bond donors (Lipinski definition) is 0. The second kappa shape index (κ2) is 50.3. The van der Waals surface area contributed by atoms with Gasteiger partial charge in [0.1, 0.15) is 95.7 Å². The Kier molecular flexibility index (Phi) is 42.9. The molecule has 0 radical (unpaired) electrons. The number of aromatic carboxylic acids is 1. The number of rotatable bonds is 30. The molecule has 1 aromatic rings. The lowest BCUT2D eigenvalue weighted by atomic mass is 9.48. The first kappa shape index (κ1) is 109. The molecule has 0 N–H and O–H groups in total. The highest BCUT2D eigenvalue weighted by atomic mass is 79.9. The second-order valence-corrected chi connectivity index (χ2v) is 40.8. The average Bonchev–Trinajstić information content (AvgIpc) is 1.20. The fourth-order valence-electron chi connectivity index (χ4n) is 20.9. The van der Waals surface area contributed by atoms with E-state index in [0.29, 0.717) is 119 Å². The van der Waals surface area contributed by atoms with Gasteiger partial charge in [-0.15, -0.1) is 0 Å². The molecular weight excluding hydrogens is 2220 g/mol. The Balaban J connectivity index is 0.000000202. The number of hydrogen-bond acceptors (Lipinski definition) is 36. The molecule has 0 aromatic heterocycles. The number of carbonyl (C=O) groups is 17. The van der Waals surface area contributed by atoms with Gasteiger partial charge in [-0.05, 0) is 232 Å². The zero-order chi connectivity index (χ0) is 94.9. The van der Waals surface area contributed by atoms with Crippen LogP contribution in [0.5, 0.6) is 5.75 Å². The van der Waals surface area contributed by atoms with Crippen LogP contribution in [-0.4, -0.2) is 217 Å². The van der Waals surface area contributed by atoms with Crippen LogP contribution in [0.2, 0.25) is 0 Å². The zero-order valence-electron chi connectivity index (χ0n) is 69.9. The minimum Gasteiger partial charge on any atom is -0.550 e. The summed E-state index contributed by atoms with van der Waals surface area (Å²) in [5, 5.41) is 86.1. The van der Waals surface area contributed by atoms with Crippen LogP contribution in [-0.2, 0) is 124 Å². The van der Waals surface area contributed by atoms with Crippen LogP contribution in [0.3, 0.4) is 0 Å². The lowest BCUT2D eigenvalue weighted by Gasteiger charge is -2.61. The van der Waals surface area contributed by atoms with Gasteiger partial charge in [-0.2, -0.15) is 0 Å². The average molecular weight is 2320 g/mol. The van der Waals surface area contributed by atoms with Gasteiger partial charge >= 0.3 is 53.7 Å². The third-order valence-corrected chi connectivity index (χ3v) is 28.6. The van der Waals surface area contributed by atoms with E-state index in [-0.39, 0.29) is 159 Å². The molecule has 716 valence electrons. The number of ether oxygens (including phenoxy) is 11. The first-order chi connectivity index (χ1) is 60.3. The van der Waals surface area contributed by atoms with Crippen molar-refractivity contribution < 1.29 is 174 Å². The van der Waals surface area contributed by atoms with E-state index in [4.69, 9.17) is 47.4 Å². The van der Waals surface area contributed by atoms with Crippen LogP contribution in [0.25, 0.3) is 0 Å². The van der Waals surface area contributed by atoms with Gasteiger partial charge in [-0.1, -0.05) is 127 Å². The van der Waals surface area contributed by atoms with E-state index in [2.05, 4.69) is 132 Å². The van der Waals surface area contributed by atoms with Crippen molar-refractivity contribution in [1.29, 1.82) is 0 Å². The topological polar surface area (TPSA) is 576 Å². The zero-order valence-corrected chi connectivity index (χ0v) is 82.6. The summed E-state index contributed by atoms with van der Waals surface area (Å²) in [7, 11) is 0. The Bertz CT molecular complexity index is 4010. The highest BCUT2D eigenvalue weighted by Crippen LogP contribution is 2.65. The molecule has 44 heteroatoms. The lowest BCUT2D eigenvalue weighted by molar-refractivity contribution is -0.332. The first-order valence-corrected chi connectivity index (χ1v) is 50.3. The smallest absolute Gasteiger partial charge is 0.322 e. The number of benzene rings is 1. The van der Waals surface area contributed by atoms with Gasteiger partial charge in [-0.3, -0.25) is 43.2 Å². The number of carboxylic acids is 8. The highest BCUT2D eigenvalue weighted by molar-refractivity contribution is 9.10. The summed E-state index contributed by atoms with van der Waals surface area (Å²) in [5.41, 5.74) is -2.40. The summed E-state index contributed by atoms with van der Waals surface area (Å²) in [6, 6.07) is 5.41. The number of carboxylic acid groups (broad SMARTS) is 8. The molecule has 16 rings (SSSR count). The summed E-state index contributed by atoms with van der Waals surface area (Å²) < 4.78 is 55.9. The minimum atomic E-state index is -1.29. The van der Waals surface area contributed by atoms with Gasteiger partial charge < -0.3 is 131 Å². The molecule has 1 aromatic carbocycles. The van der Waals surface area contributed by atoms with E-state index in [1.165, 1.54) is 24.3 Å². The van der Waals surface area contributed by atoms with Crippen LogP contribution in [0.1, 0.15) is 185 Å². The fourth-order valence-corrected chi connectivity index (χ4v) is 21.9. The van der Waals surface area contributed by atoms with Gasteiger partial charge in [0.25, 0.3) is 0 Å². The fraction of sp³-hybridized carbons (Fsp3) is 0.726. The van der Waals surface area contributed by atoms with E-state index in [1.807, 2.05) is 0 Å². The van der Waals surface area contributed by atoms with Crippen molar-refractivity contribution in [3.05, 3.63) is 29.8 Å². The minimum absolute atomic E-state index is 0.0250. The van der Waals surface area contributed by atoms with Crippen LogP contribution in [0.15, 0.2) is 24.3 Å². The normalized spacial score (nSPS) is 31.6. The van der Waals surface area contributed by atoms with Gasteiger partial charge in [0.05, 0.1) is 43.3 Å². The van der Waals surface area contributed by atoms with Gasteiger partial charge in [-0.25, -0.2) is 0 Å². The van der Waals surface area contributed by atoms with Crippen molar-refractivity contribution in [2.75, 3.05) is 63.7 Å². The Morgan fingerprint density at radius 3 is 1.34 bits per heavy atom. The number of fused-ring (bicyclic) bond motifs is 6. The standard InChI is InChI=1S/C16H21BrO6.C13H17BrO4.2C10H13BrO4.C9H11BrO5.C9H13BrO4.C9H7BrO4.C8H13BrO5/c17-8-13(20)23-16-6-10-3-11(7-16)5-15(4-10,9-16)14(21)22-2-1-12(18)19;14-6-10(15)18-13-4-8-1-9(5-13)3-12(2-8,7-13)11(16)17;11-4-9(12)15-8-3-5-1-6(8)2-7(5)10(13)14;11-4-9(12)15-8-3-5-1-6(8)7(2-5)10(13)14;10-3-7(11)15-6-2-4-1-5(9(12)13)8(6)14-4;2*10-5-8(11)14-7-3-1-6(2-4-7)9(12)13;1-8(2,9)7(12)14-4-3-13-5-6(10)11/h10-11H,1-9H2,(H,18,19);8-9H,1-7H2,(H,16,17);2*5-8H,1-4H2,(H,13,14);4-6,8H,1-3H2,(H,12,13);6-7H,1-5H2,(H,12,13);1-4H,5H2,(H,12,13);3-5H2,1-2H3,(H,10,11)/p-8. The largest absolute Gasteiger partial charge is 0.550 e. The predicted octanol–water partition coefficient (Wildman–Crippen LogP) is 1.41. The van der Waals surface area contributed by atoms with E-state index in [0.717, 1.165) is 70.6 Å². The molecule has 14 bridgehead atoms. The Morgan fingerprint density at radius 2 is 0.914 bits per heavy atom. The Labute approximate surface area is 804 Å². The first-order valence-electron chi connectivity index (χ1n) is 41.6. The number of carbonyl (C=O) groups excluding carboxylic acids is 17. The molecule has 15 aliphatic rings. The summed E-state index contributed by atoms with van der Waals surface area (Å²) >= 11 is 24.3. The summed E-state index contributed by atoms with van der Waals surface area (Å²) in [6.45, 7) is 2.72. The molecule has 13 aliphatic carbocycles. The highest BCUT2D eigenvalue weighted by Gasteiger charge is 2.64. The van der Waals surface area contributed by atoms with Crippen LogP contribution in [0.4, 0.5) is 0 Å². The van der Waals surface area contributed by atoms with E-state index < -0.39 is 123 Å². The summed E-state index contributed by atoms with van der Waals surface area (Å²) in [6.07, 6.45) is 15.5. The van der Waals surface area contributed by atoms with E-state index >= 15 is 0 Å². The molecule has 2 aliphatic heterocycles. The predicted molar refractivity (Wildman–Crippen MR) is 452 cm³/mol. The number of alkyl halides is 8. The van der Waals surface area contributed by atoms with Crippen molar-refractivity contribution >= 4 is 229 Å². The van der Waals surface area contributed by atoms with Gasteiger partial charge in [0.2, 0.25) is 0 Å². The SMILES string of the molecule is CC(C)(Br)C(=O)OCCOCC(=O)[O-].O=C(CBr)OC12CC3CC(C1)CC(C(=O)[O-])(C3)C2.O=C(CBr)OC1CC2CC(C(=O)[O-])C1C2.O=C(CBr)OC1CC2CC(C(=O)[O-])C1O2.O=C(CBr)OC1CC2CC1CC2C(=O)[O-].O=C(CBr)OC1CCC(C(=O)[O-])CC1.O=C(CBr)Oc1ccc(C(=O)[O-])cc1.O=C([O-])CCOC(=O)C12CC3CC(CC(OC(=O)CBr)(C3)C1)C2. The van der Waals surface area contributed by atoms with Crippen LogP contribution < -0.4 is 45.6 Å². The van der Waals surface area contributed by atoms with Crippen LogP contribution in [0, 0.1) is 81.8 Å². The lowest BCUT2D eigenvalue weighted by Crippen LogP contribution is -2.62. The molecule has 2 heterocycles. The summed E-state index contributed by atoms with van der Waals surface area (Å²) in [4.78, 5) is 187. The molecule has 36 nitrogen and oxygen atoms in total. The molecule has 128 heavy (non-hydrogen) atoms. The molecule has 0 spiro atoms. The quantitative estimate of drug-likeness (QED) is 0.0345. The van der Waals surface area contributed by atoms with Gasteiger partial charge in [0.15, 0.2) is 0 Å². The third kappa shape index (κ3) is 32.1. The van der Waals surface area contributed by atoms with Crippen molar-refractivity contribution in [3.8, 4) is 5.75 Å². The maximum absolute atomic E-state index is 12.6. The van der Waals surface area contributed by atoms with Gasteiger partial charge in [0, 0.05) is 84.2 Å². The van der Waals surface area contributed by atoms with Crippen LogP contribution >= 0.6 is 127 Å². The third-order valence-electron chi connectivity index (χ3n) is 25.1. The monoisotopic (exact) mass is 2320 g/mol. The molecule has 2 saturated heterocycles. The number of halogens is 8. The van der Waals surface area contributed by atoms with E-state index in [9.17, 15) is 122 Å². The van der Waals surface area contributed by atoms with Crippen molar-refractivity contribution in [2.24, 2.45) is 81.8 Å². The molecule has 15 fully saturated rings. The number of aliphatic carboxylic acids is 7. The Hall–Kier alpha value is -6.03. The van der Waals surface area contributed by atoms with E-state index in [1.54, 1.807) is 13.8 Å². The van der Waals surface area contributed by atoms with Crippen molar-refractivity contribution in [1.82, 2.24) is 0 Å². The molecule has 13 saturated carbocycles. The second-order valence-electron chi connectivity index (χ2n) is 34.9. The van der Waals surface area contributed by atoms with Crippen molar-refractivity contribution in [3.63, 3.8) is 0 Å². The van der Waals surface area contributed by atoms with Crippen molar-refractivity contribution in [2.45, 2.75) is 227 Å². The maximum Gasteiger partial charge on any atom is 0.322 e. The Morgan fingerprint density at radius 1 is 0.430 bits per heavy atom. The number of esters is 9.